The first-order valence-corrected chi connectivity index (χ1v) is 10.1. The van der Waals surface area contributed by atoms with E-state index in [2.05, 4.69) is 17.0 Å². The summed E-state index contributed by atoms with van der Waals surface area (Å²) < 4.78 is 13.2. The molecule has 0 aliphatic carbocycles. The maximum Gasteiger partial charge on any atom is 0.254 e. The Hall–Kier alpha value is -3.31. The SMILES string of the molecule is O=C(c1ccc(F)cc1)c1ccccc1C(=O)N1CCN(Cc2ccccc2)CC1. The van der Waals surface area contributed by atoms with Crippen LogP contribution in [0.25, 0.3) is 0 Å². The van der Waals surface area contributed by atoms with Crippen molar-refractivity contribution in [3.8, 4) is 0 Å². The van der Waals surface area contributed by atoms with Gasteiger partial charge >= 0.3 is 0 Å². The number of hydrogen-bond donors (Lipinski definition) is 0. The van der Waals surface area contributed by atoms with Crippen molar-refractivity contribution in [2.45, 2.75) is 6.54 Å². The summed E-state index contributed by atoms with van der Waals surface area (Å²) in [4.78, 5) is 30.2. The summed E-state index contributed by atoms with van der Waals surface area (Å²) in [5.74, 6) is -0.814. The van der Waals surface area contributed by atoms with E-state index in [1.165, 1.54) is 29.8 Å². The van der Waals surface area contributed by atoms with Crippen LogP contribution < -0.4 is 0 Å². The highest BCUT2D eigenvalue weighted by Gasteiger charge is 2.25. The summed E-state index contributed by atoms with van der Waals surface area (Å²) in [5, 5.41) is 0. The van der Waals surface area contributed by atoms with Gasteiger partial charge in [-0.3, -0.25) is 14.5 Å². The Bertz CT molecular complexity index is 1030. The first-order chi connectivity index (χ1) is 14.6. The molecule has 1 saturated heterocycles. The molecule has 0 radical (unpaired) electrons. The Labute approximate surface area is 175 Å². The molecule has 4 rings (SSSR count). The number of benzene rings is 3. The number of hydrogen-bond acceptors (Lipinski definition) is 3. The quantitative estimate of drug-likeness (QED) is 0.606. The zero-order chi connectivity index (χ0) is 20.9. The normalized spacial score (nSPS) is 14.5. The van der Waals surface area contributed by atoms with E-state index >= 15 is 0 Å². The molecule has 0 bridgehead atoms. The number of carbonyl (C=O) groups excluding carboxylic acids is 2. The molecule has 0 saturated carbocycles. The molecule has 1 aliphatic heterocycles. The van der Waals surface area contributed by atoms with Crippen LogP contribution in [0.5, 0.6) is 0 Å². The van der Waals surface area contributed by atoms with Gasteiger partial charge in [0, 0.05) is 43.9 Å². The monoisotopic (exact) mass is 402 g/mol. The third-order valence-corrected chi connectivity index (χ3v) is 5.42. The lowest BCUT2D eigenvalue weighted by Gasteiger charge is -2.35. The van der Waals surface area contributed by atoms with E-state index in [-0.39, 0.29) is 11.7 Å². The van der Waals surface area contributed by atoms with Crippen molar-refractivity contribution in [3.63, 3.8) is 0 Å². The number of piperazine rings is 1. The van der Waals surface area contributed by atoms with E-state index in [0.29, 0.717) is 29.8 Å². The van der Waals surface area contributed by atoms with Crippen LogP contribution in [0.15, 0.2) is 78.9 Å². The molecule has 1 amide bonds. The first-order valence-electron chi connectivity index (χ1n) is 10.1. The average Bonchev–Trinajstić information content (AvgIpc) is 2.80. The molecule has 1 fully saturated rings. The van der Waals surface area contributed by atoms with Crippen LogP contribution in [0.1, 0.15) is 31.8 Å². The van der Waals surface area contributed by atoms with Crippen molar-refractivity contribution in [2.75, 3.05) is 26.2 Å². The second-order valence-corrected chi connectivity index (χ2v) is 7.44. The molecule has 0 spiro atoms. The van der Waals surface area contributed by atoms with Crippen molar-refractivity contribution in [3.05, 3.63) is 107 Å². The lowest BCUT2D eigenvalue weighted by atomic mass is 9.97. The number of amides is 1. The summed E-state index contributed by atoms with van der Waals surface area (Å²) in [6.07, 6.45) is 0. The van der Waals surface area contributed by atoms with Gasteiger partial charge in [0.15, 0.2) is 5.78 Å². The highest BCUT2D eigenvalue weighted by Crippen LogP contribution is 2.18. The summed E-state index contributed by atoms with van der Waals surface area (Å²) in [6, 6.07) is 22.5. The molecule has 1 aliphatic rings. The van der Waals surface area contributed by atoms with Gasteiger partial charge in [0.05, 0.1) is 5.56 Å². The fourth-order valence-corrected chi connectivity index (χ4v) is 3.75. The Morgan fingerprint density at radius 3 is 2.00 bits per heavy atom. The van der Waals surface area contributed by atoms with E-state index in [1.54, 1.807) is 29.2 Å². The molecule has 3 aromatic rings. The zero-order valence-corrected chi connectivity index (χ0v) is 16.6. The molecule has 0 N–H and O–H groups in total. The predicted molar refractivity (Wildman–Crippen MR) is 114 cm³/mol. The van der Waals surface area contributed by atoms with Crippen LogP contribution >= 0.6 is 0 Å². The maximum absolute atomic E-state index is 13.2. The molecule has 3 aromatic carbocycles. The van der Waals surface area contributed by atoms with Gasteiger partial charge in [0.25, 0.3) is 5.91 Å². The van der Waals surface area contributed by atoms with E-state index in [4.69, 9.17) is 0 Å². The van der Waals surface area contributed by atoms with Crippen LogP contribution in [0, 0.1) is 5.82 Å². The summed E-state index contributed by atoms with van der Waals surface area (Å²) in [6.45, 7) is 3.67. The topological polar surface area (TPSA) is 40.6 Å². The molecular formula is C25H23FN2O2. The van der Waals surface area contributed by atoms with Crippen LogP contribution in [-0.2, 0) is 6.54 Å². The molecule has 30 heavy (non-hydrogen) atoms. The number of halogens is 1. The minimum Gasteiger partial charge on any atom is -0.336 e. The fourth-order valence-electron chi connectivity index (χ4n) is 3.75. The average molecular weight is 402 g/mol. The zero-order valence-electron chi connectivity index (χ0n) is 16.6. The standard InChI is InChI=1S/C25H23FN2O2/c26-21-12-10-20(11-13-21)24(29)22-8-4-5-9-23(22)25(30)28-16-14-27(15-17-28)18-19-6-2-1-3-7-19/h1-13H,14-18H2. The molecule has 0 aromatic heterocycles. The largest absolute Gasteiger partial charge is 0.336 e. The number of rotatable bonds is 5. The van der Waals surface area contributed by atoms with Gasteiger partial charge in [-0.05, 0) is 35.9 Å². The van der Waals surface area contributed by atoms with Crippen LogP contribution in [-0.4, -0.2) is 47.7 Å². The molecule has 0 atom stereocenters. The van der Waals surface area contributed by atoms with E-state index in [1.807, 2.05) is 18.2 Å². The van der Waals surface area contributed by atoms with E-state index in [0.717, 1.165) is 19.6 Å². The molecule has 5 heteroatoms. The third kappa shape index (κ3) is 4.47. The molecule has 4 nitrogen and oxygen atoms in total. The number of ketones is 1. The Kier molecular flexibility index (Phi) is 6.00. The lowest BCUT2D eigenvalue weighted by molar-refractivity contribution is 0.0625. The van der Waals surface area contributed by atoms with Gasteiger partial charge < -0.3 is 4.90 Å². The smallest absolute Gasteiger partial charge is 0.254 e. The lowest BCUT2D eigenvalue weighted by Crippen LogP contribution is -2.48. The van der Waals surface area contributed by atoms with Gasteiger partial charge in [-0.15, -0.1) is 0 Å². The van der Waals surface area contributed by atoms with Crippen LogP contribution in [0.4, 0.5) is 4.39 Å². The molecule has 152 valence electrons. The third-order valence-electron chi connectivity index (χ3n) is 5.42. The predicted octanol–water partition coefficient (Wildman–Crippen LogP) is 4.01. The van der Waals surface area contributed by atoms with Crippen molar-refractivity contribution >= 4 is 11.7 Å². The summed E-state index contributed by atoms with van der Waals surface area (Å²) >= 11 is 0. The van der Waals surface area contributed by atoms with Crippen molar-refractivity contribution in [1.29, 1.82) is 0 Å². The van der Waals surface area contributed by atoms with Gasteiger partial charge in [0.1, 0.15) is 5.82 Å². The van der Waals surface area contributed by atoms with Crippen molar-refractivity contribution < 1.29 is 14.0 Å². The Balaban J connectivity index is 1.45. The first kappa shape index (κ1) is 20.0. The van der Waals surface area contributed by atoms with Crippen molar-refractivity contribution in [2.24, 2.45) is 0 Å². The van der Waals surface area contributed by atoms with Gasteiger partial charge in [-0.25, -0.2) is 4.39 Å². The Morgan fingerprint density at radius 2 is 1.33 bits per heavy atom. The Morgan fingerprint density at radius 1 is 0.733 bits per heavy atom. The van der Waals surface area contributed by atoms with E-state index < -0.39 is 5.82 Å². The van der Waals surface area contributed by atoms with E-state index in [9.17, 15) is 14.0 Å². The van der Waals surface area contributed by atoms with Gasteiger partial charge in [0.2, 0.25) is 0 Å². The summed E-state index contributed by atoms with van der Waals surface area (Å²) in [7, 11) is 0. The molecule has 0 unspecified atom stereocenters. The summed E-state index contributed by atoms with van der Waals surface area (Å²) in [5.41, 5.74) is 2.36. The van der Waals surface area contributed by atoms with Crippen LogP contribution in [0.2, 0.25) is 0 Å². The number of carbonyl (C=O) groups is 2. The van der Waals surface area contributed by atoms with Gasteiger partial charge in [-0.2, -0.15) is 0 Å². The van der Waals surface area contributed by atoms with Gasteiger partial charge in [-0.1, -0.05) is 48.5 Å². The highest BCUT2D eigenvalue weighted by molar-refractivity contribution is 6.15. The minimum absolute atomic E-state index is 0.138. The second-order valence-electron chi connectivity index (χ2n) is 7.44. The fraction of sp³-hybridized carbons (Fsp3) is 0.200. The second kappa shape index (κ2) is 9.01. The number of nitrogens with zero attached hydrogens (tertiary/aromatic N) is 2. The van der Waals surface area contributed by atoms with Crippen LogP contribution in [0.3, 0.4) is 0 Å². The molecule has 1 heterocycles. The highest BCUT2D eigenvalue weighted by atomic mass is 19.1. The van der Waals surface area contributed by atoms with Crippen molar-refractivity contribution in [1.82, 2.24) is 9.80 Å². The molecular weight excluding hydrogens is 379 g/mol. The minimum atomic E-state index is -0.399. The maximum atomic E-state index is 13.2.